The Kier molecular flexibility index (Phi) is 6.70. The first-order valence-electron chi connectivity index (χ1n) is 11.6. The molecule has 170 valence electrons. The Morgan fingerprint density at radius 1 is 1.03 bits per heavy atom. The van der Waals surface area contributed by atoms with Crippen LogP contribution in [0.15, 0.2) is 24.3 Å². The molecule has 3 heterocycles. The Labute approximate surface area is 185 Å². The molecular formula is C24H35N3O4. The van der Waals surface area contributed by atoms with Crippen LogP contribution in [-0.4, -0.2) is 79.9 Å². The predicted molar refractivity (Wildman–Crippen MR) is 118 cm³/mol. The minimum absolute atomic E-state index is 0.0206. The lowest BCUT2D eigenvalue weighted by atomic mass is 9.69. The molecule has 0 aliphatic carbocycles. The normalized spacial score (nSPS) is 21.6. The maximum atomic E-state index is 12.3. The Hall–Kier alpha value is -2.28. The van der Waals surface area contributed by atoms with Crippen LogP contribution < -0.4 is 0 Å². The largest absolute Gasteiger partial charge is 0.453 e. The Morgan fingerprint density at radius 2 is 1.74 bits per heavy atom. The van der Waals surface area contributed by atoms with E-state index in [1.165, 1.54) is 18.2 Å². The van der Waals surface area contributed by atoms with Crippen molar-refractivity contribution in [3.05, 3.63) is 35.4 Å². The summed E-state index contributed by atoms with van der Waals surface area (Å²) in [6, 6.07) is 8.59. The van der Waals surface area contributed by atoms with E-state index in [0.29, 0.717) is 19.1 Å². The standard InChI is InChI=1S/C24H35N3O4/c1-3-31-23(29)26-12-8-19(9-13-26)16-25-14-10-24(11-15-25)18-27(22(28)30-2)17-20-6-4-5-7-21(20)24/h4-7,19H,3,8-18H2,1-2H3. The van der Waals surface area contributed by atoms with E-state index >= 15 is 0 Å². The third-order valence-electron chi connectivity index (χ3n) is 7.35. The van der Waals surface area contributed by atoms with E-state index in [9.17, 15) is 9.59 Å². The van der Waals surface area contributed by atoms with Gasteiger partial charge in [-0.05, 0) is 62.7 Å². The van der Waals surface area contributed by atoms with Gasteiger partial charge in [0.2, 0.25) is 0 Å². The van der Waals surface area contributed by atoms with Crippen molar-refractivity contribution in [3.63, 3.8) is 0 Å². The molecule has 2 amide bonds. The topological polar surface area (TPSA) is 62.3 Å². The van der Waals surface area contributed by atoms with Gasteiger partial charge in [-0.25, -0.2) is 9.59 Å². The van der Waals surface area contributed by atoms with Crippen LogP contribution in [0.1, 0.15) is 43.7 Å². The zero-order valence-corrected chi connectivity index (χ0v) is 18.8. The molecule has 3 aliphatic rings. The van der Waals surface area contributed by atoms with Crippen LogP contribution in [0.5, 0.6) is 0 Å². The van der Waals surface area contributed by atoms with Crippen LogP contribution in [0.3, 0.4) is 0 Å². The monoisotopic (exact) mass is 429 g/mol. The zero-order valence-electron chi connectivity index (χ0n) is 18.8. The minimum atomic E-state index is -0.232. The molecule has 0 aromatic heterocycles. The summed E-state index contributed by atoms with van der Waals surface area (Å²) >= 11 is 0. The number of carbonyl (C=O) groups is 2. The highest BCUT2D eigenvalue weighted by Gasteiger charge is 2.43. The highest BCUT2D eigenvalue weighted by molar-refractivity contribution is 5.68. The smallest absolute Gasteiger partial charge is 0.409 e. The molecule has 0 saturated carbocycles. The van der Waals surface area contributed by atoms with Gasteiger partial charge >= 0.3 is 12.2 Å². The first-order valence-corrected chi connectivity index (χ1v) is 11.6. The molecule has 1 aromatic carbocycles. The summed E-state index contributed by atoms with van der Waals surface area (Å²) in [7, 11) is 1.46. The SMILES string of the molecule is CCOC(=O)N1CCC(CN2CCC3(CC2)CN(C(=O)OC)Cc2ccccc23)CC1. The molecule has 0 bridgehead atoms. The number of fused-ring (bicyclic) bond motifs is 2. The molecule has 1 aromatic rings. The fraction of sp³-hybridized carbons (Fsp3) is 0.667. The number of carbonyl (C=O) groups excluding carboxylic acids is 2. The number of nitrogens with zero attached hydrogens (tertiary/aromatic N) is 3. The van der Waals surface area contributed by atoms with Gasteiger partial charge in [-0.15, -0.1) is 0 Å². The van der Waals surface area contributed by atoms with Crippen molar-refractivity contribution < 1.29 is 19.1 Å². The second kappa shape index (κ2) is 9.47. The van der Waals surface area contributed by atoms with Crippen molar-refractivity contribution in [2.24, 2.45) is 5.92 Å². The lowest BCUT2D eigenvalue weighted by molar-refractivity contribution is 0.0630. The second-order valence-corrected chi connectivity index (χ2v) is 9.19. The number of ether oxygens (including phenoxy) is 2. The molecule has 4 rings (SSSR count). The summed E-state index contributed by atoms with van der Waals surface area (Å²) in [5.74, 6) is 0.630. The molecule has 3 aliphatic heterocycles. The van der Waals surface area contributed by atoms with Crippen LogP contribution >= 0.6 is 0 Å². The van der Waals surface area contributed by atoms with E-state index in [0.717, 1.165) is 65.0 Å². The van der Waals surface area contributed by atoms with E-state index in [1.807, 2.05) is 16.7 Å². The third-order valence-corrected chi connectivity index (χ3v) is 7.35. The van der Waals surface area contributed by atoms with Gasteiger partial charge in [0.15, 0.2) is 0 Å². The maximum Gasteiger partial charge on any atom is 0.409 e. The van der Waals surface area contributed by atoms with E-state index in [-0.39, 0.29) is 17.6 Å². The van der Waals surface area contributed by atoms with Gasteiger partial charge in [0.1, 0.15) is 0 Å². The average molecular weight is 430 g/mol. The Bertz CT molecular complexity index is 783. The molecule has 7 nitrogen and oxygen atoms in total. The fourth-order valence-corrected chi connectivity index (χ4v) is 5.61. The lowest BCUT2D eigenvalue weighted by Crippen LogP contribution is -2.54. The van der Waals surface area contributed by atoms with Crippen LogP contribution in [0, 0.1) is 5.92 Å². The van der Waals surface area contributed by atoms with Crippen molar-refractivity contribution in [3.8, 4) is 0 Å². The summed E-state index contributed by atoms with van der Waals surface area (Å²) in [5, 5.41) is 0. The quantitative estimate of drug-likeness (QED) is 0.736. The summed E-state index contributed by atoms with van der Waals surface area (Å²) in [4.78, 5) is 30.5. The highest BCUT2D eigenvalue weighted by atomic mass is 16.6. The first kappa shape index (κ1) is 21.9. The van der Waals surface area contributed by atoms with Crippen molar-refractivity contribution in [1.82, 2.24) is 14.7 Å². The molecule has 7 heteroatoms. The van der Waals surface area contributed by atoms with Crippen molar-refractivity contribution in [2.75, 3.05) is 53.0 Å². The predicted octanol–water partition coefficient (Wildman–Crippen LogP) is 3.47. The summed E-state index contributed by atoms with van der Waals surface area (Å²) in [5.41, 5.74) is 2.68. The van der Waals surface area contributed by atoms with Gasteiger partial charge in [0.05, 0.1) is 13.7 Å². The van der Waals surface area contributed by atoms with Crippen molar-refractivity contribution in [2.45, 2.75) is 44.6 Å². The molecule has 0 unspecified atom stereocenters. The Morgan fingerprint density at radius 3 is 2.42 bits per heavy atom. The summed E-state index contributed by atoms with van der Waals surface area (Å²) in [6.07, 6.45) is 3.79. The number of methoxy groups -OCH3 is 1. The highest BCUT2D eigenvalue weighted by Crippen LogP contribution is 2.42. The number of benzene rings is 1. The van der Waals surface area contributed by atoms with Crippen molar-refractivity contribution in [1.29, 1.82) is 0 Å². The minimum Gasteiger partial charge on any atom is -0.453 e. The van der Waals surface area contributed by atoms with Gasteiger partial charge in [-0.3, -0.25) is 0 Å². The number of hydrogen-bond donors (Lipinski definition) is 0. The molecule has 2 fully saturated rings. The van der Waals surface area contributed by atoms with E-state index in [1.54, 1.807) is 0 Å². The van der Waals surface area contributed by atoms with Gasteiger partial charge in [0.25, 0.3) is 0 Å². The van der Waals surface area contributed by atoms with Gasteiger partial charge in [0, 0.05) is 38.1 Å². The summed E-state index contributed by atoms with van der Waals surface area (Å²) in [6.45, 7) is 8.42. The number of piperidine rings is 2. The van der Waals surface area contributed by atoms with E-state index in [2.05, 4.69) is 29.2 Å². The van der Waals surface area contributed by atoms with Crippen LogP contribution in [0.25, 0.3) is 0 Å². The zero-order chi connectivity index (χ0) is 21.8. The van der Waals surface area contributed by atoms with E-state index < -0.39 is 0 Å². The molecule has 0 radical (unpaired) electrons. The molecule has 2 saturated heterocycles. The number of likely N-dealkylation sites (tertiary alicyclic amines) is 2. The Balaban J connectivity index is 1.35. The maximum absolute atomic E-state index is 12.3. The average Bonchev–Trinajstić information content (AvgIpc) is 2.81. The number of hydrogen-bond acceptors (Lipinski definition) is 5. The molecule has 1 spiro atoms. The molecular weight excluding hydrogens is 394 g/mol. The molecule has 31 heavy (non-hydrogen) atoms. The van der Waals surface area contributed by atoms with Crippen molar-refractivity contribution >= 4 is 12.2 Å². The van der Waals surface area contributed by atoms with Gasteiger partial charge in [-0.1, -0.05) is 24.3 Å². The van der Waals surface area contributed by atoms with Crippen LogP contribution in [0.2, 0.25) is 0 Å². The van der Waals surface area contributed by atoms with Gasteiger partial charge < -0.3 is 24.2 Å². The summed E-state index contributed by atoms with van der Waals surface area (Å²) < 4.78 is 10.2. The molecule has 0 N–H and O–H groups in total. The molecule has 0 atom stereocenters. The van der Waals surface area contributed by atoms with Crippen LogP contribution in [0.4, 0.5) is 9.59 Å². The van der Waals surface area contributed by atoms with E-state index in [4.69, 9.17) is 9.47 Å². The number of rotatable bonds is 3. The first-order chi connectivity index (χ1) is 15.0. The third kappa shape index (κ3) is 4.66. The second-order valence-electron chi connectivity index (χ2n) is 9.19. The number of amides is 2. The lowest BCUT2D eigenvalue weighted by Gasteiger charge is -2.49. The fourth-order valence-electron chi connectivity index (χ4n) is 5.61. The van der Waals surface area contributed by atoms with Crippen LogP contribution in [-0.2, 0) is 21.4 Å². The van der Waals surface area contributed by atoms with Gasteiger partial charge in [-0.2, -0.15) is 0 Å².